The normalized spacial score (nSPS) is 33.4. The van der Waals surface area contributed by atoms with Crippen LogP contribution in [-0.4, -0.2) is 23.3 Å². The van der Waals surface area contributed by atoms with Gasteiger partial charge in [-0.05, 0) is 49.9 Å². The first-order valence-electron chi connectivity index (χ1n) is 7.97. The van der Waals surface area contributed by atoms with Crippen LogP contribution in [0.5, 0.6) is 0 Å². The van der Waals surface area contributed by atoms with E-state index in [0.29, 0.717) is 12.5 Å². The zero-order valence-electron chi connectivity index (χ0n) is 12.0. The topological polar surface area (TPSA) is 47.5 Å². The molecule has 0 aromatic rings. The van der Waals surface area contributed by atoms with Crippen LogP contribution in [0.4, 0.5) is 0 Å². The van der Waals surface area contributed by atoms with E-state index >= 15 is 0 Å². The van der Waals surface area contributed by atoms with E-state index in [1.807, 2.05) is 0 Å². The predicted octanol–water partition coefficient (Wildman–Crippen LogP) is 2.14. The van der Waals surface area contributed by atoms with Crippen molar-refractivity contribution < 1.29 is 5.11 Å². The summed E-state index contributed by atoms with van der Waals surface area (Å²) in [5.74, 6) is 2.17. The van der Waals surface area contributed by atoms with Crippen molar-refractivity contribution in [3.05, 3.63) is 11.4 Å². The maximum absolute atomic E-state index is 9.37. The van der Waals surface area contributed by atoms with Crippen molar-refractivity contribution in [2.75, 3.05) is 13.2 Å². The molecule has 0 bridgehead atoms. The van der Waals surface area contributed by atoms with E-state index in [1.54, 1.807) is 0 Å². The Kier molecular flexibility index (Phi) is 3.99. The Morgan fingerprint density at radius 3 is 2.74 bits per heavy atom. The Labute approximate surface area is 116 Å². The largest absolute Gasteiger partial charge is 0.396 e. The molecule has 1 aliphatic heterocycles. The zero-order chi connectivity index (χ0) is 13.2. The first-order valence-corrected chi connectivity index (χ1v) is 7.97. The summed E-state index contributed by atoms with van der Waals surface area (Å²) in [6, 6.07) is 0. The van der Waals surface area contributed by atoms with Gasteiger partial charge in [0.2, 0.25) is 0 Å². The molecule has 1 heterocycles. The zero-order valence-corrected chi connectivity index (χ0v) is 12.0. The molecule has 3 atom stereocenters. The van der Waals surface area contributed by atoms with Crippen molar-refractivity contribution in [2.24, 2.45) is 17.8 Å². The second-order valence-electron chi connectivity index (χ2n) is 6.27. The number of hydrogen-bond donors (Lipinski definition) is 3. The number of hydrogen-bond acceptors (Lipinski definition) is 4. The van der Waals surface area contributed by atoms with Crippen molar-refractivity contribution in [3.63, 3.8) is 0 Å². The molecule has 0 aromatic heterocycles. The third kappa shape index (κ3) is 2.61. The molecule has 2 aliphatic carbocycles. The number of fused-ring (bicyclic) bond motifs is 1. The quantitative estimate of drug-likeness (QED) is 0.667. The van der Waals surface area contributed by atoms with Gasteiger partial charge in [0, 0.05) is 18.8 Å². The minimum absolute atomic E-state index is 0.395. The lowest BCUT2D eigenvalue weighted by Crippen LogP contribution is -2.38. The summed E-state index contributed by atoms with van der Waals surface area (Å²) in [5.41, 5.74) is 9.58. The first-order chi connectivity index (χ1) is 9.35. The van der Waals surface area contributed by atoms with Gasteiger partial charge in [-0.2, -0.15) is 0 Å². The van der Waals surface area contributed by atoms with Crippen LogP contribution in [-0.2, 0) is 0 Å². The van der Waals surface area contributed by atoms with E-state index in [2.05, 4.69) is 22.9 Å². The summed E-state index contributed by atoms with van der Waals surface area (Å²) in [6.07, 6.45) is 8.64. The molecule has 0 aromatic carbocycles. The van der Waals surface area contributed by atoms with E-state index in [1.165, 1.54) is 49.9 Å². The molecule has 0 saturated heterocycles. The molecular weight excluding hydrogens is 238 g/mol. The monoisotopic (exact) mass is 265 g/mol. The van der Waals surface area contributed by atoms with Gasteiger partial charge in [-0.25, -0.2) is 0 Å². The molecule has 0 radical (unpaired) electrons. The van der Waals surface area contributed by atoms with Crippen LogP contribution in [0.1, 0.15) is 51.9 Å². The lowest BCUT2D eigenvalue weighted by Gasteiger charge is -2.21. The van der Waals surface area contributed by atoms with Crippen molar-refractivity contribution in [2.45, 2.75) is 51.9 Å². The molecule has 3 aliphatic rings. The Morgan fingerprint density at radius 1 is 1.21 bits per heavy atom. The summed E-state index contributed by atoms with van der Waals surface area (Å²) in [5, 5.41) is 11.7. The lowest BCUT2D eigenvalue weighted by atomic mass is 10.0. The van der Waals surface area contributed by atoms with Crippen molar-refractivity contribution >= 4 is 0 Å². The van der Waals surface area contributed by atoms with E-state index in [9.17, 15) is 5.11 Å². The fourth-order valence-corrected chi connectivity index (χ4v) is 3.91. The Hall–Kier alpha value is -0.740. The molecule has 4 heteroatoms. The Balaban J connectivity index is 1.58. The van der Waals surface area contributed by atoms with E-state index in [4.69, 9.17) is 0 Å². The van der Waals surface area contributed by atoms with Gasteiger partial charge >= 0.3 is 0 Å². The molecule has 1 fully saturated rings. The van der Waals surface area contributed by atoms with Gasteiger partial charge in [0.25, 0.3) is 0 Å². The highest BCUT2D eigenvalue weighted by atomic mass is 16.3. The van der Waals surface area contributed by atoms with Gasteiger partial charge in [0.1, 0.15) is 0 Å². The molecule has 19 heavy (non-hydrogen) atoms. The summed E-state index contributed by atoms with van der Waals surface area (Å²) in [4.78, 5) is 0. The Morgan fingerprint density at radius 2 is 2.00 bits per heavy atom. The molecule has 0 amide bonds. The number of aliphatic hydroxyl groups is 1. The van der Waals surface area contributed by atoms with Crippen LogP contribution >= 0.6 is 0 Å². The lowest BCUT2D eigenvalue weighted by molar-refractivity contribution is 0.235. The van der Waals surface area contributed by atoms with Gasteiger partial charge < -0.3 is 10.5 Å². The molecule has 3 rings (SSSR count). The number of unbranched alkanes of at least 4 members (excludes halogenated alkanes) is 2. The third-order valence-electron chi connectivity index (χ3n) is 5.16. The van der Waals surface area contributed by atoms with Crippen molar-refractivity contribution in [1.29, 1.82) is 0 Å². The molecule has 4 nitrogen and oxygen atoms in total. The SMILES string of the molecule is CCCCCN1NNC2=C1CC[C@@H]1[C@@H](CO)[C@@H]1CC2. The van der Waals surface area contributed by atoms with Gasteiger partial charge in [-0.15, -0.1) is 5.53 Å². The highest BCUT2D eigenvalue weighted by Crippen LogP contribution is 2.53. The summed E-state index contributed by atoms with van der Waals surface area (Å²) in [6.45, 7) is 3.75. The summed E-state index contributed by atoms with van der Waals surface area (Å²) in [7, 11) is 0. The van der Waals surface area contributed by atoms with Crippen LogP contribution in [0.3, 0.4) is 0 Å². The number of aliphatic hydroxyl groups excluding tert-OH is 1. The molecular formula is C15H27N3O. The van der Waals surface area contributed by atoms with E-state index in [0.717, 1.165) is 24.8 Å². The van der Waals surface area contributed by atoms with Crippen LogP contribution in [0.25, 0.3) is 0 Å². The highest BCUT2D eigenvalue weighted by molar-refractivity contribution is 5.18. The molecule has 0 unspecified atom stereocenters. The fourth-order valence-electron chi connectivity index (χ4n) is 3.91. The molecule has 108 valence electrons. The van der Waals surface area contributed by atoms with Gasteiger partial charge in [0.15, 0.2) is 0 Å². The second kappa shape index (κ2) is 5.71. The van der Waals surface area contributed by atoms with Crippen molar-refractivity contribution in [3.8, 4) is 0 Å². The average Bonchev–Trinajstić information content (AvgIpc) is 2.93. The van der Waals surface area contributed by atoms with E-state index < -0.39 is 0 Å². The van der Waals surface area contributed by atoms with Crippen molar-refractivity contribution in [1.82, 2.24) is 16.0 Å². The number of hydrazine groups is 2. The average molecular weight is 265 g/mol. The van der Waals surface area contributed by atoms with Crippen LogP contribution in [0, 0.1) is 17.8 Å². The fraction of sp³-hybridized carbons (Fsp3) is 0.867. The number of allylic oxidation sites excluding steroid dienone is 2. The van der Waals surface area contributed by atoms with Gasteiger partial charge in [-0.1, -0.05) is 19.8 Å². The van der Waals surface area contributed by atoms with Crippen LogP contribution in [0.15, 0.2) is 11.4 Å². The second-order valence-corrected chi connectivity index (χ2v) is 6.27. The number of nitrogens with zero attached hydrogens (tertiary/aromatic N) is 1. The van der Waals surface area contributed by atoms with Gasteiger partial charge in [-0.3, -0.25) is 5.01 Å². The van der Waals surface area contributed by atoms with Crippen LogP contribution in [0.2, 0.25) is 0 Å². The molecule has 1 saturated carbocycles. The number of rotatable bonds is 5. The minimum atomic E-state index is 0.395. The molecule has 3 N–H and O–H groups in total. The molecule has 0 spiro atoms. The summed E-state index contributed by atoms with van der Waals surface area (Å²) >= 11 is 0. The Bertz CT molecular complexity index is 355. The van der Waals surface area contributed by atoms with Gasteiger partial charge in [0.05, 0.1) is 5.70 Å². The summed E-state index contributed by atoms with van der Waals surface area (Å²) < 4.78 is 0. The number of nitrogens with one attached hydrogen (secondary N) is 2. The predicted molar refractivity (Wildman–Crippen MR) is 75.6 cm³/mol. The smallest absolute Gasteiger partial charge is 0.0515 e. The maximum atomic E-state index is 9.37. The first kappa shape index (κ1) is 13.3. The van der Waals surface area contributed by atoms with E-state index in [-0.39, 0.29) is 0 Å². The standard InChI is InChI=1S/C15H27N3O/c1-2-3-4-9-18-15-8-6-12-11(13(12)10-19)5-7-14(15)16-17-18/h11-13,16-17,19H,2-10H2,1H3/t11-,12+,13+/m1/s1. The minimum Gasteiger partial charge on any atom is -0.396 e. The van der Waals surface area contributed by atoms with Crippen LogP contribution < -0.4 is 11.0 Å². The highest BCUT2D eigenvalue weighted by Gasteiger charge is 2.49. The third-order valence-corrected chi connectivity index (χ3v) is 5.16. The maximum Gasteiger partial charge on any atom is 0.0515 e.